The second-order valence-electron chi connectivity index (χ2n) is 8.61. The van der Waals surface area contributed by atoms with E-state index in [4.69, 9.17) is 0 Å². The van der Waals surface area contributed by atoms with E-state index in [-0.39, 0.29) is 43.1 Å². The molecule has 2 amide bonds. The first-order chi connectivity index (χ1) is 19.5. The molecule has 0 bridgehead atoms. The average Bonchev–Trinajstić information content (AvgIpc) is 3.57. The number of ether oxygens (including phenoxy) is 1. The van der Waals surface area contributed by atoms with Crippen molar-refractivity contribution in [3.63, 3.8) is 0 Å². The van der Waals surface area contributed by atoms with Crippen LogP contribution in [0.15, 0.2) is 55.0 Å². The van der Waals surface area contributed by atoms with E-state index in [1.54, 1.807) is 24.4 Å². The van der Waals surface area contributed by atoms with E-state index in [0.717, 1.165) is 18.2 Å². The van der Waals surface area contributed by atoms with Crippen molar-refractivity contribution in [3.05, 3.63) is 77.8 Å². The van der Waals surface area contributed by atoms with Gasteiger partial charge in [-0.3, -0.25) is 19.3 Å². The number of hydrogen-bond donors (Lipinski definition) is 2. The summed E-state index contributed by atoms with van der Waals surface area (Å²) in [5, 5.41) is 20.0. The number of anilines is 1. The third-order valence-electron chi connectivity index (χ3n) is 5.39. The normalized spacial score (nSPS) is 12.1. The fourth-order valence-electron chi connectivity index (χ4n) is 3.53. The molecule has 12 nitrogen and oxygen atoms in total. The van der Waals surface area contributed by atoms with Crippen molar-refractivity contribution in [2.75, 3.05) is 5.32 Å². The van der Waals surface area contributed by atoms with Crippen LogP contribution in [-0.2, 0) is 30.8 Å². The summed E-state index contributed by atoms with van der Waals surface area (Å²) in [4.78, 5) is 28.6. The number of carbonyl (C=O) groups is 2. The zero-order chi connectivity index (χ0) is 29.4. The summed E-state index contributed by atoms with van der Waals surface area (Å²) in [6.45, 7) is 0.0860. The summed E-state index contributed by atoms with van der Waals surface area (Å²) in [7, 11) is 0. The highest BCUT2D eigenvalue weighted by Gasteiger charge is 2.31. The molecule has 4 rings (SSSR count). The second kappa shape index (κ2) is 12.9. The predicted molar refractivity (Wildman–Crippen MR) is 130 cm³/mol. The van der Waals surface area contributed by atoms with Crippen LogP contribution in [0.2, 0.25) is 0 Å². The first-order valence-electron chi connectivity index (χ1n) is 12.0. The molecule has 17 heteroatoms. The molecule has 0 fully saturated rings. The number of pyridine rings is 1. The lowest BCUT2D eigenvalue weighted by molar-refractivity contribution is -0.274. The summed E-state index contributed by atoms with van der Waals surface area (Å²) in [6, 6.07) is 7.60. The van der Waals surface area contributed by atoms with Gasteiger partial charge in [0.15, 0.2) is 11.5 Å². The number of carbonyl (C=O) groups excluding carboxylic acids is 2. The van der Waals surface area contributed by atoms with Crippen molar-refractivity contribution in [1.29, 1.82) is 0 Å². The Kier molecular flexibility index (Phi) is 9.15. The van der Waals surface area contributed by atoms with E-state index < -0.39 is 42.3 Å². The van der Waals surface area contributed by atoms with Gasteiger partial charge in [-0.2, -0.15) is 0 Å². The molecule has 0 aliphatic heterocycles. The number of hydrogen-bond acceptors (Lipinski definition) is 8. The number of aromatic nitrogens is 7. The van der Waals surface area contributed by atoms with Crippen molar-refractivity contribution >= 4 is 17.6 Å². The highest BCUT2D eigenvalue weighted by Crippen LogP contribution is 2.25. The predicted octanol–water partition coefficient (Wildman–Crippen LogP) is 2.84. The maximum Gasteiger partial charge on any atom is 0.573 e. The molecular formula is C24H22F5N9O3. The van der Waals surface area contributed by atoms with Crippen LogP contribution in [0.25, 0.3) is 0 Å². The minimum absolute atomic E-state index is 0.0178. The highest BCUT2D eigenvalue weighted by atomic mass is 19.4. The van der Waals surface area contributed by atoms with Crippen LogP contribution in [0.3, 0.4) is 0 Å². The summed E-state index contributed by atoms with van der Waals surface area (Å²) >= 11 is 0. The van der Waals surface area contributed by atoms with Crippen LogP contribution < -0.4 is 15.4 Å². The number of amides is 2. The molecule has 1 atom stereocenters. The van der Waals surface area contributed by atoms with Crippen molar-refractivity contribution in [2.45, 2.75) is 45.0 Å². The quantitative estimate of drug-likeness (QED) is 0.244. The summed E-state index contributed by atoms with van der Waals surface area (Å²) in [5.41, 5.74) is 0.356. The fourth-order valence-corrected chi connectivity index (χ4v) is 3.53. The van der Waals surface area contributed by atoms with Crippen LogP contribution in [-0.4, -0.2) is 59.3 Å². The Morgan fingerprint density at radius 1 is 1.05 bits per heavy atom. The Bertz CT molecular complexity index is 1480. The minimum Gasteiger partial charge on any atom is -0.406 e. The van der Waals surface area contributed by atoms with Gasteiger partial charge in [-0.15, -0.1) is 23.4 Å². The van der Waals surface area contributed by atoms with Gasteiger partial charge in [0.2, 0.25) is 5.91 Å². The van der Waals surface area contributed by atoms with Gasteiger partial charge in [0.25, 0.3) is 5.91 Å². The third-order valence-corrected chi connectivity index (χ3v) is 5.39. The Morgan fingerprint density at radius 3 is 2.61 bits per heavy atom. The number of aryl methyl sites for hydroxylation is 1. The lowest BCUT2D eigenvalue weighted by Gasteiger charge is -2.10. The molecule has 1 unspecified atom stereocenters. The van der Waals surface area contributed by atoms with Gasteiger partial charge in [-0.25, -0.2) is 13.5 Å². The van der Waals surface area contributed by atoms with Crippen molar-refractivity contribution in [3.8, 4) is 5.75 Å². The lowest BCUT2D eigenvalue weighted by Crippen LogP contribution is -2.23. The number of benzene rings is 1. The third kappa shape index (κ3) is 9.04. The maximum atomic E-state index is 14.5. The van der Waals surface area contributed by atoms with Gasteiger partial charge < -0.3 is 15.4 Å². The minimum atomic E-state index is -4.97. The smallest absolute Gasteiger partial charge is 0.406 e. The fraction of sp³-hybridized carbons (Fsp3) is 0.292. The summed E-state index contributed by atoms with van der Waals surface area (Å²) < 4.78 is 71.9. The van der Waals surface area contributed by atoms with Crippen molar-refractivity contribution in [1.82, 2.24) is 40.3 Å². The first kappa shape index (κ1) is 29.0. The summed E-state index contributed by atoms with van der Waals surface area (Å²) in [6.07, 6.45) is -2.75. The van der Waals surface area contributed by atoms with E-state index in [2.05, 4.69) is 41.0 Å². The molecule has 0 spiro atoms. The molecule has 4 aromatic rings. The molecule has 216 valence electrons. The number of halogens is 5. The molecule has 2 N–H and O–H groups in total. The van der Waals surface area contributed by atoms with E-state index in [0.29, 0.717) is 5.69 Å². The molecule has 0 saturated heterocycles. The van der Waals surface area contributed by atoms with E-state index in [9.17, 15) is 31.5 Å². The lowest BCUT2D eigenvalue weighted by atomic mass is 10.1. The molecule has 0 radical (unpaired) electrons. The molecule has 3 aromatic heterocycles. The van der Waals surface area contributed by atoms with Crippen LogP contribution in [0.1, 0.15) is 28.2 Å². The largest absolute Gasteiger partial charge is 0.573 e. The zero-order valence-corrected chi connectivity index (χ0v) is 21.1. The van der Waals surface area contributed by atoms with Gasteiger partial charge in [0.1, 0.15) is 17.7 Å². The standard InChI is InChI=1S/C24H22F5N9O3/c25-16(12-38-13-20(33-35-38)23(40)31-11-17-3-1-2-7-30-17)6-8-37-14-21(34-36-37)32-22(39)10-15-9-18(4-5-19(15)26)41-24(27,28)29/h1-5,7,9,13-14,16H,6,8,10-12H2,(H,31,40)(H,32,39). The maximum absolute atomic E-state index is 14.5. The van der Waals surface area contributed by atoms with E-state index in [1.807, 2.05) is 0 Å². The zero-order valence-electron chi connectivity index (χ0n) is 21.1. The number of nitrogens with zero attached hydrogens (tertiary/aromatic N) is 7. The van der Waals surface area contributed by atoms with Crippen LogP contribution >= 0.6 is 0 Å². The number of rotatable bonds is 12. The monoisotopic (exact) mass is 579 g/mol. The first-order valence-corrected chi connectivity index (χ1v) is 12.0. The van der Waals surface area contributed by atoms with Gasteiger partial charge in [0, 0.05) is 24.7 Å². The van der Waals surface area contributed by atoms with Gasteiger partial charge in [-0.1, -0.05) is 16.5 Å². The number of alkyl halides is 4. The SMILES string of the molecule is O=C(Cc1cc(OC(F)(F)F)ccc1F)Nc1cn(CCC(F)Cn2cc(C(=O)NCc3ccccn3)nn2)nn1. The van der Waals surface area contributed by atoms with E-state index in [1.165, 1.54) is 21.8 Å². The van der Waals surface area contributed by atoms with Gasteiger partial charge in [0.05, 0.1) is 37.6 Å². The highest BCUT2D eigenvalue weighted by molar-refractivity contribution is 5.92. The van der Waals surface area contributed by atoms with Gasteiger partial charge >= 0.3 is 6.36 Å². The molecule has 3 heterocycles. The second-order valence-corrected chi connectivity index (χ2v) is 8.61. The molecule has 0 aliphatic carbocycles. The number of nitrogens with one attached hydrogen (secondary N) is 2. The molecule has 0 saturated carbocycles. The van der Waals surface area contributed by atoms with Crippen molar-refractivity contribution in [2.24, 2.45) is 0 Å². The Balaban J connectivity index is 1.21. The Morgan fingerprint density at radius 2 is 1.85 bits per heavy atom. The van der Waals surface area contributed by atoms with Crippen LogP contribution in [0, 0.1) is 5.82 Å². The van der Waals surface area contributed by atoms with E-state index >= 15 is 0 Å². The van der Waals surface area contributed by atoms with Crippen molar-refractivity contribution < 1.29 is 36.3 Å². The topological polar surface area (TPSA) is 142 Å². The molecule has 1 aromatic carbocycles. The molecular weight excluding hydrogens is 557 g/mol. The van der Waals surface area contributed by atoms with Gasteiger partial charge in [-0.05, 0) is 30.3 Å². The Hall–Kier alpha value is -4.96. The molecule has 0 aliphatic rings. The van der Waals surface area contributed by atoms with Crippen LogP contribution in [0.4, 0.5) is 27.8 Å². The van der Waals surface area contributed by atoms with Crippen LogP contribution in [0.5, 0.6) is 5.75 Å². The Labute approximate surface area is 228 Å². The molecule has 41 heavy (non-hydrogen) atoms. The average molecular weight is 579 g/mol. The summed E-state index contributed by atoms with van der Waals surface area (Å²) in [5.74, 6) is -2.84.